The summed E-state index contributed by atoms with van der Waals surface area (Å²) in [5.74, 6) is 1.83. The number of phenolic OH excluding ortho intramolecular Hbond substituents is 1. The van der Waals surface area contributed by atoms with Crippen LogP contribution >= 0.6 is 0 Å². The van der Waals surface area contributed by atoms with Crippen molar-refractivity contribution in [1.29, 1.82) is 0 Å². The highest BCUT2D eigenvalue weighted by molar-refractivity contribution is 5.59. The molecule has 2 heterocycles. The molecule has 0 aliphatic heterocycles. The number of aromatic nitrogens is 3. The first-order chi connectivity index (χ1) is 9.13. The van der Waals surface area contributed by atoms with E-state index in [1.807, 2.05) is 6.92 Å². The molecule has 3 aromatic rings. The van der Waals surface area contributed by atoms with Gasteiger partial charge < -0.3 is 14.0 Å². The van der Waals surface area contributed by atoms with Crippen LogP contribution in [0.25, 0.3) is 23.0 Å². The van der Waals surface area contributed by atoms with E-state index in [9.17, 15) is 5.11 Å². The molecule has 0 spiro atoms. The highest BCUT2D eigenvalue weighted by Crippen LogP contribution is 2.26. The molecule has 6 nitrogen and oxygen atoms in total. The Morgan fingerprint density at radius 1 is 1.16 bits per heavy atom. The fourth-order valence-corrected chi connectivity index (χ4v) is 1.81. The lowest BCUT2D eigenvalue weighted by atomic mass is 10.2. The Balaban J connectivity index is 2.02. The summed E-state index contributed by atoms with van der Waals surface area (Å²) in [5.41, 5.74) is 1.37. The number of rotatable bonds is 2. The van der Waals surface area contributed by atoms with Crippen molar-refractivity contribution in [3.63, 3.8) is 0 Å². The monoisotopic (exact) mass is 257 g/mol. The number of aromatic hydroxyl groups is 1. The van der Waals surface area contributed by atoms with Gasteiger partial charge in [0, 0.05) is 12.5 Å². The highest BCUT2D eigenvalue weighted by Gasteiger charge is 2.17. The highest BCUT2D eigenvalue weighted by atomic mass is 16.5. The summed E-state index contributed by atoms with van der Waals surface area (Å²) >= 11 is 0. The molecule has 3 rings (SSSR count). The minimum atomic E-state index is 0.149. The maximum Gasteiger partial charge on any atom is 0.295 e. The molecule has 0 aliphatic carbocycles. The summed E-state index contributed by atoms with van der Waals surface area (Å²) in [6.07, 6.45) is 0. The van der Waals surface area contributed by atoms with E-state index in [1.54, 1.807) is 31.2 Å². The van der Waals surface area contributed by atoms with Crippen molar-refractivity contribution in [2.24, 2.45) is 0 Å². The Morgan fingerprint density at radius 2 is 2.00 bits per heavy atom. The Hall–Kier alpha value is -2.63. The van der Waals surface area contributed by atoms with E-state index in [0.717, 1.165) is 0 Å². The molecular formula is C13H11N3O3. The molecule has 1 N–H and O–H groups in total. The fourth-order valence-electron chi connectivity index (χ4n) is 1.81. The Labute approximate surface area is 108 Å². The van der Waals surface area contributed by atoms with Gasteiger partial charge in [0.25, 0.3) is 5.89 Å². The fraction of sp³-hybridized carbons (Fsp3) is 0.154. The van der Waals surface area contributed by atoms with Gasteiger partial charge in [-0.2, -0.15) is 4.98 Å². The van der Waals surface area contributed by atoms with E-state index < -0.39 is 0 Å². The quantitative estimate of drug-likeness (QED) is 0.759. The standard InChI is InChI=1S/C13H11N3O3/c1-7-11(18-8(2)14-7)13-15-12(16-19-13)9-4-3-5-10(17)6-9/h3-6,17H,1-2H3. The second-order valence-corrected chi connectivity index (χ2v) is 4.12. The number of oxazole rings is 1. The van der Waals surface area contributed by atoms with E-state index in [1.165, 1.54) is 0 Å². The summed E-state index contributed by atoms with van der Waals surface area (Å²) in [6, 6.07) is 6.64. The number of aryl methyl sites for hydroxylation is 2. The zero-order valence-corrected chi connectivity index (χ0v) is 10.4. The molecule has 0 atom stereocenters. The van der Waals surface area contributed by atoms with Gasteiger partial charge in [-0.15, -0.1) is 0 Å². The van der Waals surface area contributed by atoms with Crippen LogP contribution in [-0.2, 0) is 0 Å². The van der Waals surface area contributed by atoms with Gasteiger partial charge in [-0.05, 0) is 19.1 Å². The van der Waals surface area contributed by atoms with Crippen molar-refractivity contribution < 1.29 is 14.0 Å². The second-order valence-electron chi connectivity index (χ2n) is 4.12. The molecule has 0 amide bonds. The zero-order chi connectivity index (χ0) is 13.4. The van der Waals surface area contributed by atoms with E-state index in [4.69, 9.17) is 8.94 Å². The molecule has 0 saturated heterocycles. The van der Waals surface area contributed by atoms with Crippen molar-refractivity contribution in [2.75, 3.05) is 0 Å². The lowest BCUT2D eigenvalue weighted by molar-refractivity contribution is 0.413. The molecule has 0 fully saturated rings. The van der Waals surface area contributed by atoms with Gasteiger partial charge in [-0.3, -0.25) is 0 Å². The van der Waals surface area contributed by atoms with Crippen LogP contribution in [0.15, 0.2) is 33.2 Å². The van der Waals surface area contributed by atoms with Crippen LogP contribution in [-0.4, -0.2) is 20.2 Å². The normalized spacial score (nSPS) is 10.8. The molecular weight excluding hydrogens is 246 g/mol. The van der Waals surface area contributed by atoms with E-state index in [0.29, 0.717) is 28.7 Å². The van der Waals surface area contributed by atoms with Gasteiger partial charge in [-0.25, -0.2) is 4.98 Å². The number of benzene rings is 1. The molecule has 6 heteroatoms. The van der Waals surface area contributed by atoms with Crippen LogP contribution in [0.2, 0.25) is 0 Å². The van der Waals surface area contributed by atoms with Crippen LogP contribution in [0, 0.1) is 13.8 Å². The first kappa shape index (κ1) is 11.5. The van der Waals surface area contributed by atoms with Gasteiger partial charge in [-0.1, -0.05) is 17.3 Å². The van der Waals surface area contributed by atoms with Gasteiger partial charge in [0.1, 0.15) is 5.75 Å². The van der Waals surface area contributed by atoms with Crippen LogP contribution in [0.1, 0.15) is 11.6 Å². The van der Waals surface area contributed by atoms with Crippen molar-refractivity contribution in [3.8, 4) is 28.8 Å². The van der Waals surface area contributed by atoms with Gasteiger partial charge in [0.15, 0.2) is 5.89 Å². The molecule has 19 heavy (non-hydrogen) atoms. The SMILES string of the molecule is Cc1nc(C)c(-c2nc(-c3cccc(O)c3)no2)o1. The summed E-state index contributed by atoms with van der Waals surface area (Å²) in [5, 5.41) is 13.3. The smallest absolute Gasteiger partial charge is 0.295 e. The number of phenols is 1. The topological polar surface area (TPSA) is 85.2 Å². The molecule has 0 radical (unpaired) electrons. The molecule has 96 valence electrons. The van der Waals surface area contributed by atoms with Crippen LogP contribution < -0.4 is 0 Å². The Morgan fingerprint density at radius 3 is 2.68 bits per heavy atom. The van der Waals surface area contributed by atoms with E-state index in [2.05, 4.69) is 15.1 Å². The first-order valence-electron chi connectivity index (χ1n) is 5.71. The van der Waals surface area contributed by atoms with E-state index >= 15 is 0 Å². The number of hydrogen-bond acceptors (Lipinski definition) is 6. The molecule has 0 aliphatic rings. The number of nitrogens with zero attached hydrogens (tertiary/aromatic N) is 3. The zero-order valence-electron chi connectivity index (χ0n) is 10.4. The van der Waals surface area contributed by atoms with Crippen LogP contribution in [0.4, 0.5) is 0 Å². The van der Waals surface area contributed by atoms with Crippen molar-refractivity contribution in [3.05, 3.63) is 35.9 Å². The van der Waals surface area contributed by atoms with Crippen LogP contribution in [0.5, 0.6) is 5.75 Å². The largest absolute Gasteiger partial charge is 0.508 e. The van der Waals surface area contributed by atoms with Gasteiger partial charge in [0.05, 0.1) is 5.69 Å². The second kappa shape index (κ2) is 4.24. The maximum atomic E-state index is 9.43. The Kier molecular flexibility index (Phi) is 2.56. The third-order valence-corrected chi connectivity index (χ3v) is 2.63. The lowest BCUT2D eigenvalue weighted by Crippen LogP contribution is -1.81. The predicted molar refractivity (Wildman–Crippen MR) is 66.4 cm³/mol. The molecule has 0 unspecified atom stereocenters. The third kappa shape index (κ3) is 2.08. The van der Waals surface area contributed by atoms with E-state index in [-0.39, 0.29) is 11.6 Å². The predicted octanol–water partition coefficient (Wildman–Crippen LogP) is 2.71. The summed E-state index contributed by atoms with van der Waals surface area (Å²) < 4.78 is 10.6. The summed E-state index contributed by atoms with van der Waals surface area (Å²) in [6.45, 7) is 3.56. The van der Waals surface area contributed by atoms with Crippen molar-refractivity contribution in [1.82, 2.24) is 15.1 Å². The summed E-state index contributed by atoms with van der Waals surface area (Å²) in [4.78, 5) is 8.39. The molecule has 1 aromatic carbocycles. The van der Waals surface area contributed by atoms with Crippen molar-refractivity contribution >= 4 is 0 Å². The molecule has 0 saturated carbocycles. The minimum absolute atomic E-state index is 0.149. The van der Waals surface area contributed by atoms with Crippen molar-refractivity contribution in [2.45, 2.75) is 13.8 Å². The molecule has 2 aromatic heterocycles. The Bertz CT molecular complexity index is 730. The molecule has 0 bridgehead atoms. The number of hydrogen-bond donors (Lipinski definition) is 1. The summed E-state index contributed by atoms with van der Waals surface area (Å²) in [7, 11) is 0. The van der Waals surface area contributed by atoms with Crippen LogP contribution in [0.3, 0.4) is 0 Å². The van der Waals surface area contributed by atoms with Gasteiger partial charge >= 0.3 is 0 Å². The average molecular weight is 257 g/mol. The van der Waals surface area contributed by atoms with Gasteiger partial charge in [0.2, 0.25) is 11.6 Å². The average Bonchev–Trinajstić information content (AvgIpc) is 2.96. The third-order valence-electron chi connectivity index (χ3n) is 2.63. The minimum Gasteiger partial charge on any atom is -0.508 e. The lowest BCUT2D eigenvalue weighted by Gasteiger charge is -1.94. The maximum absolute atomic E-state index is 9.43. The first-order valence-corrected chi connectivity index (χ1v) is 5.71.